The van der Waals surface area contributed by atoms with Gasteiger partial charge in [0.1, 0.15) is 5.82 Å². The van der Waals surface area contributed by atoms with Gasteiger partial charge in [-0.25, -0.2) is 4.39 Å². The van der Waals surface area contributed by atoms with E-state index in [1.54, 1.807) is 25.1 Å². The Morgan fingerprint density at radius 2 is 1.68 bits per heavy atom. The lowest BCUT2D eigenvalue weighted by atomic mass is 9.65. The Labute approximate surface area is 237 Å². The molecule has 6 rings (SSSR count). The molecule has 41 heavy (non-hydrogen) atoms. The zero-order valence-corrected chi connectivity index (χ0v) is 23.4. The summed E-state index contributed by atoms with van der Waals surface area (Å²) < 4.78 is 55.5. The molecule has 2 heterocycles. The maximum Gasteiger partial charge on any atom is 0.416 e. The number of nitrogens with zero attached hydrogens (tertiary/aromatic N) is 2. The molecule has 214 valence electrons. The van der Waals surface area contributed by atoms with Crippen molar-refractivity contribution in [3.8, 4) is 0 Å². The molecule has 2 aliphatic rings. The number of amides is 1. The number of aromatic nitrogens is 1. The number of rotatable bonds is 3. The van der Waals surface area contributed by atoms with Crippen molar-refractivity contribution >= 4 is 16.8 Å². The second-order valence-corrected chi connectivity index (χ2v) is 11.8. The van der Waals surface area contributed by atoms with Crippen LogP contribution in [0, 0.1) is 12.7 Å². The van der Waals surface area contributed by atoms with Crippen LogP contribution in [0.2, 0.25) is 0 Å². The molecule has 1 aliphatic carbocycles. The zero-order chi connectivity index (χ0) is 29.2. The van der Waals surface area contributed by atoms with Gasteiger partial charge in [0.05, 0.1) is 11.1 Å². The summed E-state index contributed by atoms with van der Waals surface area (Å²) >= 11 is 0. The molecule has 1 saturated carbocycles. The van der Waals surface area contributed by atoms with Gasteiger partial charge in [0.2, 0.25) is 0 Å². The minimum Gasteiger partial charge on any atom is -0.356 e. The summed E-state index contributed by atoms with van der Waals surface area (Å²) in [6.07, 6.45) is -1.51. The second kappa shape index (κ2) is 9.72. The van der Waals surface area contributed by atoms with E-state index in [0.29, 0.717) is 44.2 Å². The molecule has 1 amide bonds. The number of halogens is 4. The predicted molar refractivity (Wildman–Crippen MR) is 151 cm³/mol. The van der Waals surface area contributed by atoms with Crippen molar-refractivity contribution in [1.29, 1.82) is 0 Å². The van der Waals surface area contributed by atoms with Crippen LogP contribution in [0.4, 0.5) is 17.6 Å². The van der Waals surface area contributed by atoms with Crippen LogP contribution in [-0.4, -0.2) is 41.3 Å². The summed E-state index contributed by atoms with van der Waals surface area (Å²) in [5, 5.41) is 1.11. The third-order valence-corrected chi connectivity index (χ3v) is 9.40. The number of carbonyl (C=O) groups excluding carboxylic acids is 1. The van der Waals surface area contributed by atoms with Crippen molar-refractivity contribution in [3.05, 3.63) is 106 Å². The highest BCUT2D eigenvalue weighted by Gasteiger charge is 2.53. The fourth-order valence-electron chi connectivity index (χ4n) is 7.32. The molecule has 4 aromatic rings. The molecule has 0 bridgehead atoms. The number of nitrogens with one attached hydrogen (secondary N) is 1. The van der Waals surface area contributed by atoms with E-state index in [2.05, 4.69) is 16.0 Å². The van der Waals surface area contributed by atoms with Crippen molar-refractivity contribution in [2.75, 3.05) is 20.6 Å². The van der Waals surface area contributed by atoms with Crippen molar-refractivity contribution < 1.29 is 22.4 Å². The second-order valence-electron chi connectivity index (χ2n) is 11.8. The highest BCUT2D eigenvalue weighted by molar-refractivity contribution is 5.96. The largest absolute Gasteiger partial charge is 0.416 e. The van der Waals surface area contributed by atoms with Gasteiger partial charge >= 0.3 is 6.18 Å². The number of carbonyl (C=O) groups is 1. The van der Waals surface area contributed by atoms with Gasteiger partial charge in [-0.05, 0) is 106 Å². The zero-order valence-electron chi connectivity index (χ0n) is 23.4. The number of benzene rings is 3. The molecule has 3 aromatic carbocycles. The molecule has 8 heteroatoms. The van der Waals surface area contributed by atoms with Crippen LogP contribution in [0.15, 0.2) is 66.7 Å². The van der Waals surface area contributed by atoms with Crippen molar-refractivity contribution in [2.45, 2.75) is 56.3 Å². The van der Waals surface area contributed by atoms with E-state index in [4.69, 9.17) is 0 Å². The molecule has 0 radical (unpaired) electrons. The fourth-order valence-corrected chi connectivity index (χ4v) is 7.32. The van der Waals surface area contributed by atoms with E-state index in [9.17, 15) is 22.4 Å². The Morgan fingerprint density at radius 3 is 2.37 bits per heavy atom. The Kier molecular flexibility index (Phi) is 6.53. The van der Waals surface area contributed by atoms with Crippen molar-refractivity contribution in [1.82, 2.24) is 14.8 Å². The van der Waals surface area contributed by atoms with Crippen molar-refractivity contribution in [3.63, 3.8) is 0 Å². The van der Waals surface area contributed by atoms with E-state index in [0.717, 1.165) is 39.9 Å². The Morgan fingerprint density at radius 1 is 0.951 bits per heavy atom. The number of hydrogen-bond donors (Lipinski definition) is 1. The molecular weight excluding hydrogens is 530 g/mol. The normalized spacial score (nSPS) is 22.9. The molecule has 1 N–H and O–H groups in total. The monoisotopic (exact) mass is 563 g/mol. The first kappa shape index (κ1) is 27.5. The summed E-state index contributed by atoms with van der Waals surface area (Å²) in [5.41, 5.74) is 2.43. The average molecular weight is 564 g/mol. The Bertz CT molecular complexity index is 1630. The van der Waals surface area contributed by atoms with Crippen LogP contribution >= 0.6 is 0 Å². The highest BCUT2D eigenvalue weighted by Crippen LogP contribution is 2.54. The third-order valence-electron chi connectivity index (χ3n) is 9.40. The maximum absolute atomic E-state index is 14.4. The maximum atomic E-state index is 14.4. The van der Waals surface area contributed by atoms with Gasteiger partial charge in [0.25, 0.3) is 5.91 Å². The van der Waals surface area contributed by atoms with Crippen LogP contribution in [-0.2, 0) is 23.7 Å². The molecule has 0 atom stereocenters. The number of aromatic amines is 1. The van der Waals surface area contributed by atoms with Crippen LogP contribution in [0.25, 0.3) is 10.9 Å². The van der Waals surface area contributed by atoms with Crippen LogP contribution in [0.3, 0.4) is 0 Å². The first-order valence-corrected chi connectivity index (χ1v) is 14.0. The van der Waals surface area contributed by atoms with E-state index < -0.39 is 28.7 Å². The van der Waals surface area contributed by atoms with E-state index >= 15 is 0 Å². The summed E-state index contributed by atoms with van der Waals surface area (Å²) in [4.78, 5) is 21.8. The quantitative estimate of drug-likeness (QED) is 0.261. The minimum absolute atomic E-state index is 0.0471. The average Bonchev–Trinajstić information content (AvgIpc) is 3.32. The van der Waals surface area contributed by atoms with Gasteiger partial charge in [0.15, 0.2) is 0 Å². The van der Waals surface area contributed by atoms with E-state index in [1.807, 2.05) is 43.3 Å². The molecule has 1 aliphatic heterocycles. The molecule has 1 fully saturated rings. The third kappa shape index (κ3) is 4.43. The number of para-hydroxylation sites is 1. The molecule has 0 saturated heterocycles. The lowest BCUT2D eigenvalue weighted by Gasteiger charge is -2.55. The Hall–Kier alpha value is -3.65. The standard InChI is InChI=1S/C33H33F4N3O/c1-21-17-22(19-24(18-21)33(35,36)37)30(41)40-16-11-27-26-9-4-5-10-28(26)38-29(27)32(40)14-12-31(13-15-32,39(2)3)23-7-6-8-25(34)20-23/h4-10,17-20,38H,11-16H2,1-3H3. The van der Waals surface area contributed by atoms with Gasteiger partial charge in [-0.3, -0.25) is 9.69 Å². The summed E-state index contributed by atoms with van der Waals surface area (Å²) in [7, 11) is 3.99. The van der Waals surface area contributed by atoms with Crippen LogP contribution in [0.5, 0.6) is 0 Å². The van der Waals surface area contributed by atoms with Gasteiger partial charge in [-0.2, -0.15) is 13.2 Å². The molecule has 0 unspecified atom stereocenters. The Balaban J connectivity index is 1.47. The number of alkyl halides is 3. The van der Waals surface area contributed by atoms with Crippen LogP contribution < -0.4 is 0 Å². The summed E-state index contributed by atoms with van der Waals surface area (Å²) in [6.45, 7) is 1.98. The predicted octanol–water partition coefficient (Wildman–Crippen LogP) is 7.56. The SMILES string of the molecule is Cc1cc(C(=O)N2CCc3c([nH]c4ccccc34)C23CCC(c2cccc(F)c2)(N(C)C)CC3)cc(C(F)(F)F)c1. The number of hydrogen-bond acceptors (Lipinski definition) is 2. The summed E-state index contributed by atoms with van der Waals surface area (Å²) in [6, 6.07) is 18.3. The number of H-pyrrole nitrogens is 1. The topological polar surface area (TPSA) is 39.3 Å². The van der Waals surface area contributed by atoms with Gasteiger partial charge in [-0.1, -0.05) is 30.3 Å². The summed E-state index contributed by atoms with van der Waals surface area (Å²) in [5.74, 6) is -0.692. The lowest BCUT2D eigenvalue weighted by Crippen LogP contribution is -2.58. The van der Waals surface area contributed by atoms with Gasteiger partial charge < -0.3 is 9.88 Å². The number of fused-ring (bicyclic) bond motifs is 4. The molecular formula is C33H33F4N3O. The minimum atomic E-state index is -4.55. The number of aryl methyl sites for hydroxylation is 1. The van der Waals surface area contributed by atoms with Crippen LogP contribution in [0.1, 0.15) is 64.0 Å². The lowest BCUT2D eigenvalue weighted by molar-refractivity contribution is -0.137. The van der Waals surface area contributed by atoms with Crippen molar-refractivity contribution in [2.24, 2.45) is 0 Å². The first-order valence-electron chi connectivity index (χ1n) is 14.0. The molecule has 1 aromatic heterocycles. The molecule has 1 spiro atoms. The van der Waals surface area contributed by atoms with E-state index in [1.165, 1.54) is 6.07 Å². The highest BCUT2D eigenvalue weighted by atomic mass is 19.4. The first-order chi connectivity index (χ1) is 19.4. The van der Waals surface area contributed by atoms with E-state index in [-0.39, 0.29) is 11.4 Å². The van der Waals surface area contributed by atoms with Gasteiger partial charge in [0, 0.05) is 34.2 Å². The fraction of sp³-hybridized carbons (Fsp3) is 0.364. The van der Waals surface area contributed by atoms with Gasteiger partial charge in [-0.15, -0.1) is 0 Å². The smallest absolute Gasteiger partial charge is 0.356 e. The molecule has 4 nitrogen and oxygen atoms in total.